The van der Waals surface area contributed by atoms with E-state index in [1.54, 1.807) is 6.07 Å². The molecule has 1 aliphatic heterocycles. The molecule has 0 saturated carbocycles. The van der Waals surface area contributed by atoms with Gasteiger partial charge >= 0.3 is 0 Å². The number of halogens is 2. The fourth-order valence-electron chi connectivity index (χ4n) is 2.35. The summed E-state index contributed by atoms with van der Waals surface area (Å²) in [4.78, 5) is 14.4. The zero-order valence-electron chi connectivity index (χ0n) is 10.2. The van der Waals surface area contributed by atoms with Gasteiger partial charge in [0, 0.05) is 28.3 Å². The maximum atomic E-state index is 12.4. The Kier molecular flexibility index (Phi) is 4.86. The second kappa shape index (κ2) is 6.21. The maximum Gasteiger partial charge on any atom is 0.254 e. The van der Waals surface area contributed by atoms with Crippen LogP contribution in [0.5, 0.6) is 0 Å². The average molecular weight is 379 g/mol. The normalized spacial score (nSPS) is 19.3. The van der Waals surface area contributed by atoms with Crippen molar-refractivity contribution in [1.82, 2.24) is 10.2 Å². The summed E-state index contributed by atoms with van der Waals surface area (Å²) >= 11 is 8.23. The largest absolute Gasteiger partial charge is 0.334 e. The predicted molar refractivity (Wildman–Crippen MR) is 82.2 cm³/mol. The number of nitrogens with zero attached hydrogens (tertiary/aromatic N) is 1. The fourth-order valence-corrected chi connectivity index (χ4v) is 2.86. The molecule has 1 unspecified atom stereocenters. The van der Waals surface area contributed by atoms with Crippen LogP contribution in [-0.2, 0) is 0 Å². The fraction of sp³-hybridized carbons (Fsp3) is 0.462. The highest BCUT2D eigenvalue weighted by molar-refractivity contribution is 14.1. The second-order valence-corrected chi connectivity index (χ2v) is 6.05. The number of likely N-dealkylation sites (N-methyl/N-ethyl adjacent to an activating group) is 1. The van der Waals surface area contributed by atoms with Gasteiger partial charge in [0.2, 0.25) is 0 Å². The molecule has 1 amide bonds. The summed E-state index contributed by atoms with van der Waals surface area (Å²) in [5.41, 5.74) is 0.684. The van der Waals surface area contributed by atoms with Gasteiger partial charge in [0.1, 0.15) is 0 Å². The summed E-state index contributed by atoms with van der Waals surface area (Å²) in [6.45, 7) is 1.69. The molecule has 3 nitrogen and oxygen atoms in total. The third kappa shape index (κ3) is 2.97. The first-order valence-corrected chi connectivity index (χ1v) is 7.49. The maximum absolute atomic E-state index is 12.4. The third-order valence-corrected chi connectivity index (χ3v) is 4.82. The van der Waals surface area contributed by atoms with E-state index >= 15 is 0 Å². The first kappa shape index (κ1) is 14.1. The third-order valence-electron chi connectivity index (χ3n) is 3.24. The summed E-state index contributed by atoms with van der Waals surface area (Å²) in [5, 5.41) is 3.79. The van der Waals surface area contributed by atoms with Crippen LogP contribution in [0.2, 0.25) is 5.02 Å². The van der Waals surface area contributed by atoms with Crippen LogP contribution in [0.1, 0.15) is 23.2 Å². The Morgan fingerprint density at radius 3 is 3.06 bits per heavy atom. The Labute approximate surface area is 126 Å². The standard InChI is InChI=1S/C13H16ClIN2O/c1-16-8-10-3-2-6-17(10)13(18)9-4-5-12(15)11(14)7-9/h4-5,7,10,16H,2-3,6,8H2,1H3. The van der Waals surface area contributed by atoms with E-state index < -0.39 is 0 Å². The summed E-state index contributed by atoms with van der Waals surface area (Å²) < 4.78 is 0.971. The van der Waals surface area contributed by atoms with Gasteiger partial charge in [0.25, 0.3) is 5.91 Å². The Morgan fingerprint density at radius 1 is 1.61 bits per heavy atom. The lowest BCUT2D eigenvalue weighted by atomic mass is 10.1. The minimum absolute atomic E-state index is 0.0889. The number of hydrogen-bond donors (Lipinski definition) is 1. The highest BCUT2D eigenvalue weighted by Crippen LogP contribution is 2.23. The molecule has 98 valence electrons. The Balaban J connectivity index is 2.17. The van der Waals surface area contributed by atoms with Crippen LogP contribution < -0.4 is 5.32 Å². The molecule has 2 rings (SSSR count). The van der Waals surface area contributed by atoms with Gasteiger partial charge in [0.15, 0.2) is 0 Å². The van der Waals surface area contributed by atoms with Crippen LogP contribution in [0.25, 0.3) is 0 Å². The highest BCUT2D eigenvalue weighted by Gasteiger charge is 2.28. The highest BCUT2D eigenvalue weighted by atomic mass is 127. The number of carbonyl (C=O) groups is 1. The van der Waals surface area contributed by atoms with Crippen molar-refractivity contribution >= 4 is 40.1 Å². The molecular formula is C13H16ClIN2O. The molecule has 1 saturated heterocycles. The van der Waals surface area contributed by atoms with E-state index in [1.165, 1.54) is 0 Å². The topological polar surface area (TPSA) is 32.3 Å². The lowest BCUT2D eigenvalue weighted by molar-refractivity contribution is 0.0737. The van der Waals surface area contributed by atoms with Gasteiger partial charge in [-0.3, -0.25) is 4.79 Å². The minimum atomic E-state index is 0.0889. The first-order valence-electron chi connectivity index (χ1n) is 6.04. The molecule has 5 heteroatoms. The smallest absolute Gasteiger partial charge is 0.254 e. The van der Waals surface area contributed by atoms with E-state index in [-0.39, 0.29) is 5.91 Å². The Hall–Kier alpha value is -0.330. The average Bonchev–Trinajstić information content (AvgIpc) is 2.80. The molecule has 18 heavy (non-hydrogen) atoms. The van der Waals surface area contributed by atoms with Gasteiger partial charge < -0.3 is 10.2 Å². The van der Waals surface area contributed by atoms with E-state index in [4.69, 9.17) is 11.6 Å². The van der Waals surface area contributed by atoms with Crippen LogP contribution >= 0.6 is 34.2 Å². The van der Waals surface area contributed by atoms with Crippen molar-refractivity contribution in [3.63, 3.8) is 0 Å². The van der Waals surface area contributed by atoms with Gasteiger partial charge in [-0.05, 0) is 60.7 Å². The van der Waals surface area contributed by atoms with Crippen LogP contribution in [0.4, 0.5) is 0 Å². The van der Waals surface area contributed by atoms with E-state index in [9.17, 15) is 4.79 Å². The van der Waals surface area contributed by atoms with Gasteiger partial charge in [-0.2, -0.15) is 0 Å². The zero-order valence-corrected chi connectivity index (χ0v) is 13.2. The van der Waals surface area contributed by atoms with Crippen LogP contribution in [0.15, 0.2) is 18.2 Å². The molecule has 0 radical (unpaired) electrons. The SMILES string of the molecule is CNCC1CCCN1C(=O)c1ccc(I)c(Cl)c1. The van der Waals surface area contributed by atoms with Crippen molar-refractivity contribution in [2.24, 2.45) is 0 Å². The van der Waals surface area contributed by atoms with E-state index in [0.29, 0.717) is 16.6 Å². The van der Waals surface area contributed by atoms with E-state index in [2.05, 4.69) is 27.9 Å². The number of carbonyl (C=O) groups excluding carboxylic acids is 1. The molecule has 0 spiro atoms. The molecule has 1 aliphatic rings. The molecule has 1 aromatic rings. The summed E-state index contributed by atoms with van der Waals surface area (Å²) in [7, 11) is 1.92. The molecule has 0 aromatic heterocycles. The van der Waals surface area contributed by atoms with Crippen LogP contribution in [-0.4, -0.2) is 37.0 Å². The first-order chi connectivity index (χ1) is 8.63. The van der Waals surface area contributed by atoms with Crippen molar-refractivity contribution in [2.75, 3.05) is 20.1 Å². The molecule has 1 aromatic carbocycles. The number of rotatable bonds is 3. The van der Waals surface area contributed by atoms with Crippen LogP contribution in [0.3, 0.4) is 0 Å². The number of likely N-dealkylation sites (tertiary alicyclic amines) is 1. The zero-order chi connectivity index (χ0) is 13.1. The number of hydrogen-bond acceptors (Lipinski definition) is 2. The van der Waals surface area contributed by atoms with Gasteiger partial charge in [0.05, 0.1) is 5.02 Å². The lowest BCUT2D eigenvalue weighted by Gasteiger charge is -2.24. The Morgan fingerprint density at radius 2 is 2.39 bits per heavy atom. The summed E-state index contributed by atoms with van der Waals surface area (Å²) in [6.07, 6.45) is 2.15. The van der Waals surface area contributed by atoms with E-state index in [0.717, 1.165) is 29.5 Å². The minimum Gasteiger partial charge on any atom is -0.334 e. The number of amides is 1. The van der Waals surface area contributed by atoms with Crippen molar-refractivity contribution in [3.05, 3.63) is 32.4 Å². The molecule has 1 fully saturated rings. The van der Waals surface area contributed by atoms with Crippen molar-refractivity contribution in [2.45, 2.75) is 18.9 Å². The molecule has 1 atom stereocenters. The number of benzene rings is 1. The second-order valence-electron chi connectivity index (χ2n) is 4.48. The van der Waals surface area contributed by atoms with Crippen molar-refractivity contribution in [3.8, 4) is 0 Å². The predicted octanol–water partition coefficient (Wildman–Crippen LogP) is 2.77. The monoisotopic (exact) mass is 378 g/mol. The van der Waals surface area contributed by atoms with Gasteiger partial charge in [-0.25, -0.2) is 0 Å². The molecule has 1 heterocycles. The van der Waals surface area contributed by atoms with Crippen molar-refractivity contribution in [1.29, 1.82) is 0 Å². The molecule has 0 bridgehead atoms. The molecule has 0 aliphatic carbocycles. The summed E-state index contributed by atoms with van der Waals surface area (Å²) in [6, 6.07) is 5.81. The van der Waals surface area contributed by atoms with Gasteiger partial charge in [-0.15, -0.1) is 0 Å². The number of nitrogens with one attached hydrogen (secondary N) is 1. The van der Waals surface area contributed by atoms with Crippen molar-refractivity contribution < 1.29 is 4.79 Å². The lowest BCUT2D eigenvalue weighted by Crippen LogP contribution is -2.40. The molecular weight excluding hydrogens is 363 g/mol. The summed E-state index contributed by atoms with van der Waals surface area (Å²) in [5.74, 6) is 0.0889. The van der Waals surface area contributed by atoms with E-state index in [1.807, 2.05) is 24.1 Å². The Bertz CT molecular complexity index is 453. The quantitative estimate of drug-likeness (QED) is 0.820. The van der Waals surface area contributed by atoms with Crippen LogP contribution in [0, 0.1) is 3.57 Å². The molecule has 1 N–H and O–H groups in total. The van der Waals surface area contributed by atoms with Gasteiger partial charge in [-0.1, -0.05) is 11.6 Å².